The minimum absolute atomic E-state index is 0.285. The van der Waals surface area contributed by atoms with Crippen molar-refractivity contribution in [3.8, 4) is 0 Å². The van der Waals surface area contributed by atoms with Gasteiger partial charge >= 0.3 is 0 Å². The summed E-state index contributed by atoms with van der Waals surface area (Å²) in [4.78, 5) is 4.09. The van der Waals surface area contributed by atoms with E-state index in [1.807, 2.05) is 0 Å². The van der Waals surface area contributed by atoms with E-state index in [9.17, 15) is 0 Å². The van der Waals surface area contributed by atoms with E-state index in [1.54, 1.807) is 0 Å². The van der Waals surface area contributed by atoms with Crippen LogP contribution < -0.4 is 11.1 Å². The zero-order valence-corrected chi connectivity index (χ0v) is 8.82. The van der Waals surface area contributed by atoms with E-state index in [0.29, 0.717) is 0 Å². The van der Waals surface area contributed by atoms with Crippen molar-refractivity contribution in [1.82, 2.24) is 5.32 Å². The van der Waals surface area contributed by atoms with Crippen LogP contribution in [0.25, 0.3) is 0 Å². The molecular weight excluding hydrogens is 186 g/mol. The van der Waals surface area contributed by atoms with Crippen LogP contribution in [0.3, 0.4) is 0 Å². The highest BCUT2D eigenvalue weighted by molar-refractivity contribution is 5.51. The molecule has 2 rings (SSSR count). The number of aliphatic imine (C=N–C) groups is 1. The first-order valence-electron chi connectivity index (χ1n) is 5.34. The maximum absolute atomic E-state index is 5.25. The molecule has 0 radical (unpaired) electrons. The van der Waals surface area contributed by atoms with Gasteiger partial charge in [-0.3, -0.25) is 4.99 Å². The molecule has 3 N–H and O–H groups in total. The highest BCUT2D eigenvalue weighted by atomic mass is 15.0. The topological polar surface area (TPSA) is 50.4 Å². The fourth-order valence-electron chi connectivity index (χ4n) is 2.10. The maximum Gasteiger partial charge on any atom is 0.0797 e. The Hall–Kier alpha value is -1.35. The van der Waals surface area contributed by atoms with Crippen LogP contribution in [0.1, 0.15) is 12.0 Å². The second kappa shape index (κ2) is 4.45. The fourth-order valence-corrected chi connectivity index (χ4v) is 2.10. The van der Waals surface area contributed by atoms with Crippen LogP contribution in [0.4, 0.5) is 0 Å². The van der Waals surface area contributed by atoms with Crippen molar-refractivity contribution in [3.63, 3.8) is 0 Å². The second-order valence-corrected chi connectivity index (χ2v) is 4.06. The lowest BCUT2D eigenvalue weighted by molar-refractivity contribution is 0.262. The highest BCUT2D eigenvalue weighted by Gasteiger charge is 2.37. The van der Waals surface area contributed by atoms with Crippen molar-refractivity contribution in [2.24, 2.45) is 10.7 Å². The quantitative estimate of drug-likeness (QED) is 0.564. The van der Waals surface area contributed by atoms with Gasteiger partial charge in [0.25, 0.3) is 0 Å². The van der Waals surface area contributed by atoms with Gasteiger partial charge in [-0.2, -0.15) is 0 Å². The van der Waals surface area contributed by atoms with Crippen LogP contribution in [0, 0.1) is 0 Å². The monoisotopic (exact) mass is 203 g/mol. The van der Waals surface area contributed by atoms with Gasteiger partial charge in [-0.25, -0.2) is 0 Å². The van der Waals surface area contributed by atoms with Gasteiger partial charge in [-0.15, -0.1) is 0 Å². The van der Waals surface area contributed by atoms with Gasteiger partial charge < -0.3 is 11.1 Å². The van der Waals surface area contributed by atoms with Crippen LogP contribution in [-0.4, -0.2) is 26.0 Å². The number of hydrogen-bond acceptors (Lipinski definition) is 2. The van der Waals surface area contributed by atoms with E-state index >= 15 is 0 Å². The van der Waals surface area contributed by atoms with E-state index in [0.717, 1.165) is 26.1 Å². The molecule has 0 unspecified atom stereocenters. The Kier molecular flexibility index (Phi) is 3.02. The summed E-state index contributed by atoms with van der Waals surface area (Å²) in [5.74, 6) is 0. The Labute approximate surface area is 90.4 Å². The second-order valence-electron chi connectivity index (χ2n) is 4.06. The lowest BCUT2D eigenvalue weighted by atomic mass is 9.73. The Balaban J connectivity index is 2.08. The molecule has 1 saturated heterocycles. The van der Waals surface area contributed by atoms with E-state index in [4.69, 9.17) is 5.73 Å². The molecule has 0 spiro atoms. The smallest absolute Gasteiger partial charge is 0.0797 e. The van der Waals surface area contributed by atoms with Crippen LogP contribution in [-0.2, 0) is 5.41 Å². The first-order chi connectivity index (χ1) is 7.37. The summed E-state index contributed by atoms with van der Waals surface area (Å²) < 4.78 is 0. The van der Waals surface area contributed by atoms with E-state index in [1.165, 1.54) is 11.9 Å². The van der Waals surface area contributed by atoms with Gasteiger partial charge in [0, 0.05) is 25.0 Å². The Morgan fingerprint density at radius 3 is 2.60 bits per heavy atom. The molecule has 1 fully saturated rings. The van der Waals surface area contributed by atoms with Gasteiger partial charge in [0.1, 0.15) is 0 Å². The molecule has 0 bridgehead atoms. The van der Waals surface area contributed by atoms with E-state index < -0.39 is 0 Å². The summed E-state index contributed by atoms with van der Waals surface area (Å²) in [6.45, 7) is 2.92. The first kappa shape index (κ1) is 10.2. The van der Waals surface area contributed by atoms with Gasteiger partial charge in [0.05, 0.1) is 6.34 Å². The SMILES string of the molecule is NC=NCCC1(c2ccccc2)CNC1. The number of hydrogen-bond donors (Lipinski definition) is 2. The van der Waals surface area contributed by atoms with Gasteiger partial charge in [0.15, 0.2) is 0 Å². The van der Waals surface area contributed by atoms with Crippen molar-refractivity contribution < 1.29 is 0 Å². The molecule has 1 aromatic carbocycles. The third-order valence-corrected chi connectivity index (χ3v) is 3.14. The number of nitrogens with one attached hydrogen (secondary N) is 1. The molecule has 3 heteroatoms. The largest absolute Gasteiger partial charge is 0.390 e. The van der Waals surface area contributed by atoms with Crippen LogP contribution >= 0.6 is 0 Å². The predicted octanol–water partition coefficient (Wildman–Crippen LogP) is 0.905. The van der Waals surface area contributed by atoms with Crippen molar-refractivity contribution in [2.75, 3.05) is 19.6 Å². The van der Waals surface area contributed by atoms with Crippen molar-refractivity contribution >= 4 is 6.34 Å². The molecule has 1 aliphatic heterocycles. The minimum atomic E-state index is 0.285. The lowest BCUT2D eigenvalue weighted by Gasteiger charge is -2.43. The Morgan fingerprint density at radius 1 is 1.33 bits per heavy atom. The van der Waals surface area contributed by atoms with Crippen LogP contribution in [0.2, 0.25) is 0 Å². The molecule has 15 heavy (non-hydrogen) atoms. The van der Waals surface area contributed by atoms with Crippen molar-refractivity contribution in [3.05, 3.63) is 35.9 Å². The van der Waals surface area contributed by atoms with E-state index in [-0.39, 0.29) is 5.41 Å². The maximum atomic E-state index is 5.25. The molecule has 0 amide bonds. The Bertz CT molecular complexity index is 328. The van der Waals surface area contributed by atoms with Gasteiger partial charge in [-0.05, 0) is 12.0 Å². The summed E-state index contributed by atoms with van der Waals surface area (Å²) in [5.41, 5.74) is 6.95. The van der Waals surface area contributed by atoms with Gasteiger partial charge in [-0.1, -0.05) is 30.3 Å². The number of nitrogens with two attached hydrogens (primary N) is 1. The minimum Gasteiger partial charge on any atom is -0.390 e. The standard InChI is InChI=1S/C12H17N3/c13-10-14-7-6-12(8-15-9-12)11-4-2-1-3-5-11/h1-5,10,15H,6-9H2,(H2,13,14). The third kappa shape index (κ3) is 2.02. The third-order valence-electron chi connectivity index (χ3n) is 3.14. The van der Waals surface area contributed by atoms with Gasteiger partial charge in [0.2, 0.25) is 0 Å². The summed E-state index contributed by atoms with van der Waals surface area (Å²) in [7, 11) is 0. The van der Waals surface area contributed by atoms with Crippen LogP contribution in [0.15, 0.2) is 35.3 Å². The average molecular weight is 203 g/mol. The summed E-state index contributed by atoms with van der Waals surface area (Å²) in [6.07, 6.45) is 2.46. The number of benzene rings is 1. The van der Waals surface area contributed by atoms with Crippen LogP contribution in [0.5, 0.6) is 0 Å². The molecule has 0 aliphatic carbocycles. The molecule has 80 valence electrons. The van der Waals surface area contributed by atoms with Crippen molar-refractivity contribution in [1.29, 1.82) is 0 Å². The van der Waals surface area contributed by atoms with Crippen molar-refractivity contribution in [2.45, 2.75) is 11.8 Å². The highest BCUT2D eigenvalue weighted by Crippen LogP contribution is 2.31. The molecule has 3 nitrogen and oxygen atoms in total. The lowest BCUT2D eigenvalue weighted by Crippen LogP contribution is -2.57. The average Bonchev–Trinajstić information content (AvgIpc) is 2.23. The predicted molar refractivity (Wildman–Crippen MR) is 63.2 cm³/mol. The molecular formula is C12H17N3. The first-order valence-corrected chi connectivity index (χ1v) is 5.34. The molecule has 1 heterocycles. The summed E-state index contributed by atoms with van der Waals surface area (Å²) in [6, 6.07) is 10.7. The number of nitrogens with zero attached hydrogens (tertiary/aromatic N) is 1. The zero-order chi connectivity index (χ0) is 10.6. The normalized spacial score (nSPS) is 18.9. The molecule has 1 aliphatic rings. The summed E-state index contributed by atoms with van der Waals surface area (Å²) >= 11 is 0. The molecule has 0 saturated carbocycles. The molecule has 0 atom stereocenters. The molecule has 1 aromatic rings. The fraction of sp³-hybridized carbons (Fsp3) is 0.417. The van der Waals surface area contributed by atoms with E-state index in [2.05, 4.69) is 40.6 Å². The zero-order valence-electron chi connectivity index (χ0n) is 8.82. The molecule has 0 aromatic heterocycles. The summed E-state index contributed by atoms with van der Waals surface area (Å²) in [5, 5.41) is 3.34. The number of rotatable bonds is 4. The Morgan fingerprint density at radius 2 is 2.07 bits per heavy atom.